The molecule has 0 aliphatic carbocycles. The molecule has 2 fully saturated rings. The Hall–Kier alpha value is -0.160. The van der Waals surface area contributed by atoms with E-state index in [1.165, 1.54) is 38.5 Å². The van der Waals surface area contributed by atoms with E-state index < -0.39 is 0 Å². The predicted molar refractivity (Wildman–Crippen MR) is 86.6 cm³/mol. The fourth-order valence-electron chi connectivity index (χ4n) is 3.84. The summed E-state index contributed by atoms with van der Waals surface area (Å²) in [6.07, 6.45) is 8.60. The summed E-state index contributed by atoms with van der Waals surface area (Å²) in [5.41, 5.74) is 0.241. The molecule has 0 aromatic carbocycles. The van der Waals surface area contributed by atoms with Crippen LogP contribution in [-0.2, 0) is 4.74 Å². The lowest BCUT2D eigenvalue weighted by molar-refractivity contribution is -0.0365. The minimum Gasteiger partial charge on any atom is -0.395 e. The molecule has 124 valence electrons. The number of nitrogens with zero attached hydrogens (tertiary/aromatic N) is 1. The van der Waals surface area contributed by atoms with Crippen LogP contribution in [0.5, 0.6) is 0 Å². The van der Waals surface area contributed by atoms with Gasteiger partial charge < -0.3 is 15.2 Å². The fourth-order valence-corrected chi connectivity index (χ4v) is 3.84. The molecule has 4 nitrogen and oxygen atoms in total. The van der Waals surface area contributed by atoms with Gasteiger partial charge in [-0.3, -0.25) is 4.90 Å². The lowest BCUT2D eigenvalue weighted by atomic mass is 9.81. The van der Waals surface area contributed by atoms with E-state index in [4.69, 9.17) is 4.74 Å². The quantitative estimate of drug-likeness (QED) is 0.706. The maximum atomic E-state index is 9.73. The number of nitrogens with one attached hydrogen (secondary N) is 1. The maximum absolute atomic E-state index is 9.73. The summed E-state index contributed by atoms with van der Waals surface area (Å²) in [5, 5.41) is 13.3. The zero-order valence-corrected chi connectivity index (χ0v) is 13.8. The van der Waals surface area contributed by atoms with Crippen molar-refractivity contribution in [2.24, 2.45) is 5.41 Å². The van der Waals surface area contributed by atoms with Gasteiger partial charge in [-0.25, -0.2) is 0 Å². The van der Waals surface area contributed by atoms with Crippen molar-refractivity contribution in [3.8, 4) is 0 Å². The highest BCUT2D eigenvalue weighted by atomic mass is 16.5. The molecule has 2 unspecified atom stereocenters. The van der Waals surface area contributed by atoms with Crippen LogP contribution >= 0.6 is 0 Å². The molecule has 2 N–H and O–H groups in total. The molecule has 2 atom stereocenters. The SMILES string of the molecule is CCCNCC1(CN2CCCCCC2CO)CCCOC1. The van der Waals surface area contributed by atoms with Crippen molar-refractivity contribution in [3.05, 3.63) is 0 Å². The zero-order chi connectivity index (χ0) is 15.0. The summed E-state index contributed by atoms with van der Waals surface area (Å²) >= 11 is 0. The van der Waals surface area contributed by atoms with Gasteiger partial charge >= 0.3 is 0 Å². The first-order chi connectivity index (χ1) is 10.3. The van der Waals surface area contributed by atoms with E-state index in [-0.39, 0.29) is 5.41 Å². The molecule has 2 rings (SSSR count). The molecule has 0 bridgehead atoms. The van der Waals surface area contributed by atoms with Crippen LogP contribution in [0.3, 0.4) is 0 Å². The molecule has 4 heteroatoms. The van der Waals surface area contributed by atoms with Crippen molar-refractivity contribution in [2.45, 2.75) is 57.9 Å². The number of likely N-dealkylation sites (tertiary alicyclic amines) is 1. The summed E-state index contributed by atoms with van der Waals surface area (Å²) in [5.74, 6) is 0. The Labute approximate surface area is 130 Å². The van der Waals surface area contributed by atoms with E-state index in [1.54, 1.807) is 0 Å². The molecular weight excluding hydrogens is 264 g/mol. The Balaban J connectivity index is 1.98. The molecule has 0 saturated carbocycles. The van der Waals surface area contributed by atoms with Gasteiger partial charge in [-0.2, -0.15) is 0 Å². The molecule has 0 radical (unpaired) electrons. The second-order valence-corrected chi connectivity index (χ2v) is 6.99. The number of ether oxygens (including phenoxy) is 1. The molecule has 0 aromatic rings. The first-order valence-electron chi connectivity index (χ1n) is 8.93. The van der Waals surface area contributed by atoms with Crippen LogP contribution in [-0.4, -0.2) is 62.0 Å². The predicted octanol–water partition coefficient (Wildman–Crippen LogP) is 2.02. The van der Waals surface area contributed by atoms with Crippen molar-refractivity contribution in [3.63, 3.8) is 0 Å². The van der Waals surface area contributed by atoms with Crippen molar-refractivity contribution >= 4 is 0 Å². The van der Waals surface area contributed by atoms with Gasteiger partial charge in [-0.15, -0.1) is 0 Å². The molecule has 0 amide bonds. The molecule has 21 heavy (non-hydrogen) atoms. The third-order valence-electron chi connectivity index (χ3n) is 5.08. The number of hydrogen-bond donors (Lipinski definition) is 2. The Kier molecular flexibility index (Phi) is 7.44. The molecule has 2 heterocycles. The van der Waals surface area contributed by atoms with Gasteiger partial charge in [-0.1, -0.05) is 19.8 Å². The second kappa shape index (κ2) is 9.09. The topological polar surface area (TPSA) is 44.7 Å². The molecule has 2 aliphatic heterocycles. The number of aliphatic hydroxyl groups is 1. The minimum absolute atomic E-state index is 0.241. The number of hydrogen-bond acceptors (Lipinski definition) is 4. The zero-order valence-electron chi connectivity index (χ0n) is 13.8. The first-order valence-corrected chi connectivity index (χ1v) is 8.93. The maximum Gasteiger partial charge on any atom is 0.0586 e. The first kappa shape index (κ1) is 17.2. The summed E-state index contributed by atoms with van der Waals surface area (Å²) < 4.78 is 5.83. The molecule has 2 aliphatic rings. The molecular formula is C17H34N2O2. The molecule has 0 spiro atoms. The molecule has 2 saturated heterocycles. The highest BCUT2D eigenvalue weighted by Gasteiger charge is 2.36. The van der Waals surface area contributed by atoms with E-state index in [0.717, 1.165) is 45.8 Å². The van der Waals surface area contributed by atoms with Crippen LogP contribution in [0.4, 0.5) is 0 Å². The Morgan fingerprint density at radius 1 is 1.29 bits per heavy atom. The van der Waals surface area contributed by atoms with Crippen molar-refractivity contribution in [1.82, 2.24) is 10.2 Å². The van der Waals surface area contributed by atoms with Gasteiger partial charge in [0, 0.05) is 31.2 Å². The van der Waals surface area contributed by atoms with Crippen molar-refractivity contribution < 1.29 is 9.84 Å². The minimum atomic E-state index is 0.241. The summed E-state index contributed by atoms with van der Waals surface area (Å²) in [6, 6.07) is 0.359. The number of aliphatic hydroxyl groups excluding tert-OH is 1. The van der Waals surface area contributed by atoms with Crippen LogP contribution in [0.25, 0.3) is 0 Å². The Morgan fingerprint density at radius 3 is 2.90 bits per heavy atom. The van der Waals surface area contributed by atoms with Crippen molar-refractivity contribution in [2.75, 3.05) is 46.0 Å². The third-order valence-corrected chi connectivity index (χ3v) is 5.08. The van der Waals surface area contributed by atoms with E-state index in [9.17, 15) is 5.11 Å². The fraction of sp³-hybridized carbons (Fsp3) is 1.00. The summed E-state index contributed by atoms with van der Waals surface area (Å²) in [4.78, 5) is 2.55. The van der Waals surface area contributed by atoms with E-state index in [2.05, 4.69) is 17.1 Å². The average Bonchev–Trinajstić information content (AvgIpc) is 2.73. The standard InChI is InChI=1S/C17H34N2O2/c1-2-9-18-13-17(8-6-11-21-15-17)14-19-10-5-3-4-7-16(19)12-20/h16,18,20H,2-15H2,1H3. The average molecular weight is 298 g/mol. The van der Waals surface area contributed by atoms with E-state index in [1.807, 2.05) is 0 Å². The second-order valence-electron chi connectivity index (χ2n) is 6.99. The molecule has 0 aromatic heterocycles. The van der Waals surface area contributed by atoms with Crippen LogP contribution in [0.2, 0.25) is 0 Å². The largest absolute Gasteiger partial charge is 0.395 e. The summed E-state index contributed by atoms with van der Waals surface area (Å²) in [7, 11) is 0. The van der Waals surface area contributed by atoms with Gasteiger partial charge in [0.15, 0.2) is 0 Å². The van der Waals surface area contributed by atoms with Gasteiger partial charge in [0.25, 0.3) is 0 Å². The van der Waals surface area contributed by atoms with Crippen LogP contribution in [0.15, 0.2) is 0 Å². The highest BCUT2D eigenvalue weighted by molar-refractivity contribution is 4.89. The van der Waals surface area contributed by atoms with Crippen molar-refractivity contribution in [1.29, 1.82) is 0 Å². The Bertz CT molecular complexity index is 280. The van der Waals surface area contributed by atoms with Gasteiger partial charge in [0.1, 0.15) is 0 Å². The normalized spacial score (nSPS) is 32.0. The smallest absolute Gasteiger partial charge is 0.0586 e. The van der Waals surface area contributed by atoms with Gasteiger partial charge in [-0.05, 0) is 45.2 Å². The Morgan fingerprint density at radius 2 is 2.19 bits per heavy atom. The van der Waals surface area contributed by atoms with Crippen LogP contribution in [0.1, 0.15) is 51.9 Å². The van der Waals surface area contributed by atoms with Gasteiger partial charge in [0.05, 0.1) is 13.2 Å². The number of rotatable bonds is 7. The van der Waals surface area contributed by atoms with E-state index in [0.29, 0.717) is 12.6 Å². The van der Waals surface area contributed by atoms with Crippen LogP contribution in [0, 0.1) is 5.41 Å². The van der Waals surface area contributed by atoms with Crippen LogP contribution < -0.4 is 5.32 Å². The highest BCUT2D eigenvalue weighted by Crippen LogP contribution is 2.31. The summed E-state index contributed by atoms with van der Waals surface area (Å²) in [6.45, 7) is 8.67. The monoisotopic (exact) mass is 298 g/mol. The third kappa shape index (κ3) is 5.20. The van der Waals surface area contributed by atoms with E-state index >= 15 is 0 Å². The lowest BCUT2D eigenvalue weighted by Crippen LogP contribution is -2.52. The van der Waals surface area contributed by atoms with Gasteiger partial charge in [0.2, 0.25) is 0 Å². The lowest BCUT2D eigenvalue weighted by Gasteiger charge is -2.43.